The van der Waals surface area contributed by atoms with Gasteiger partial charge in [0.15, 0.2) is 11.4 Å². The predicted molar refractivity (Wildman–Crippen MR) is 113 cm³/mol. The summed E-state index contributed by atoms with van der Waals surface area (Å²) in [5.74, 6) is 0.636. The fourth-order valence-electron chi connectivity index (χ4n) is 4.03. The number of hydrogen-bond donors (Lipinski definition) is 1. The molecule has 1 aromatic carbocycles. The third-order valence-corrected chi connectivity index (χ3v) is 5.48. The van der Waals surface area contributed by atoms with Crippen molar-refractivity contribution in [3.63, 3.8) is 0 Å². The standard InChI is InChI=1S/C23H28N4O2/c1-3-29-20-10-7-13-27-21(17(2)24-22(20)27)23(28)25-19-11-14-26(15-12-19)16-18-8-5-4-6-9-18/h4-10,13,19H,3,11-12,14-16H2,1-2H3,(H,25,28). The van der Waals surface area contributed by atoms with Crippen molar-refractivity contribution < 1.29 is 9.53 Å². The highest BCUT2D eigenvalue weighted by Crippen LogP contribution is 2.22. The highest BCUT2D eigenvalue weighted by atomic mass is 16.5. The van der Waals surface area contributed by atoms with Crippen LogP contribution in [0.25, 0.3) is 5.65 Å². The summed E-state index contributed by atoms with van der Waals surface area (Å²) in [6.07, 6.45) is 3.78. The van der Waals surface area contributed by atoms with E-state index < -0.39 is 0 Å². The quantitative estimate of drug-likeness (QED) is 0.698. The van der Waals surface area contributed by atoms with Crippen molar-refractivity contribution in [3.8, 4) is 5.75 Å². The van der Waals surface area contributed by atoms with E-state index in [0.29, 0.717) is 23.7 Å². The van der Waals surface area contributed by atoms with E-state index in [2.05, 4.69) is 39.5 Å². The lowest BCUT2D eigenvalue weighted by atomic mass is 10.0. The number of rotatable bonds is 6. The topological polar surface area (TPSA) is 58.9 Å². The second-order valence-corrected chi connectivity index (χ2v) is 7.55. The summed E-state index contributed by atoms with van der Waals surface area (Å²) in [6, 6.07) is 14.5. The maximum Gasteiger partial charge on any atom is 0.270 e. The number of benzene rings is 1. The molecule has 3 heterocycles. The molecule has 0 unspecified atom stereocenters. The van der Waals surface area contributed by atoms with Gasteiger partial charge in [-0.1, -0.05) is 30.3 Å². The maximum absolute atomic E-state index is 13.0. The molecule has 152 valence electrons. The maximum atomic E-state index is 13.0. The van der Waals surface area contributed by atoms with Crippen LogP contribution in [0.5, 0.6) is 5.75 Å². The first-order chi connectivity index (χ1) is 14.2. The van der Waals surface area contributed by atoms with Crippen LogP contribution in [0, 0.1) is 6.92 Å². The van der Waals surface area contributed by atoms with Crippen LogP contribution < -0.4 is 10.1 Å². The average Bonchev–Trinajstić information content (AvgIpc) is 3.07. The van der Waals surface area contributed by atoms with Crippen molar-refractivity contribution in [2.24, 2.45) is 0 Å². The Bertz CT molecular complexity index is 975. The molecule has 0 atom stereocenters. The van der Waals surface area contributed by atoms with Gasteiger partial charge in [-0.15, -0.1) is 0 Å². The van der Waals surface area contributed by atoms with E-state index in [4.69, 9.17) is 4.74 Å². The average molecular weight is 393 g/mol. The number of nitrogens with one attached hydrogen (secondary N) is 1. The van der Waals surface area contributed by atoms with Gasteiger partial charge >= 0.3 is 0 Å². The largest absolute Gasteiger partial charge is 0.490 e. The molecule has 1 amide bonds. The minimum absolute atomic E-state index is 0.0647. The van der Waals surface area contributed by atoms with Gasteiger partial charge in [0.2, 0.25) is 0 Å². The summed E-state index contributed by atoms with van der Waals surface area (Å²) in [5, 5.41) is 3.22. The van der Waals surface area contributed by atoms with Gasteiger partial charge in [0.05, 0.1) is 12.3 Å². The molecule has 1 aliphatic heterocycles. The van der Waals surface area contributed by atoms with Crippen molar-refractivity contribution in [3.05, 3.63) is 65.6 Å². The molecule has 6 heteroatoms. The molecule has 0 spiro atoms. The molecule has 0 saturated carbocycles. The lowest BCUT2D eigenvalue weighted by Crippen LogP contribution is -2.44. The number of aryl methyl sites for hydroxylation is 1. The van der Waals surface area contributed by atoms with Crippen LogP contribution in [0.3, 0.4) is 0 Å². The van der Waals surface area contributed by atoms with E-state index in [0.717, 1.165) is 38.2 Å². The molecule has 1 aliphatic rings. The van der Waals surface area contributed by atoms with Crippen LogP contribution in [-0.4, -0.2) is 45.9 Å². The van der Waals surface area contributed by atoms with E-state index >= 15 is 0 Å². The van der Waals surface area contributed by atoms with Crippen molar-refractivity contribution in [1.29, 1.82) is 0 Å². The SMILES string of the molecule is CCOc1cccn2c(C(=O)NC3CCN(Cc4ccccc4)CC3)c(C)nc12. The third kappa shape index (κ3) is 4.27. The van der Waals surface area contributed by atoms with Gasteiger partial charge in [-0.2, -0.15) is 0 Å². The van der Waals surface area contributed by atoms with Crippen molar-refractivity contribution in [2.75, 3.05) is 19.7 Å². The van der Waals surface area contributed by atoms with Gasteiger partial charge in [0.25, 0.3) is 5.91 Å². The number of fused-ring (bicyclic) bond motifs is 1. The molecule has 3 aromatic rings. The summed E-state index contributed by atoms with van der Waals surface area (Å²) < 4.78 is 7.49. The first-order valence-electron chi connectivity index (χ1n) is 10.3. The molecule has 29 heavy (non-hydrogen) atoms. The van der Waals surface area contributed by atoms with Crippen LogP contribution in [0.2, 0.25) is 0 Å². The molecule has 2 aromatic heterocycles. The smallest absolute Gasteiger partial charge is 0.270 e. The number of imidazole rings is 1. The molecule has 1 saturated heterocycles. The highest BCUT2D eigenvalue weighted by Gasteiger charge is 2.24. The minimum Gasteiger partial charge on any atom is -0.490 e. The van der Waals surface area contributed by atoms with E-state index in [1.165, 1.54) is 5.56 Å². The Morgan fingerprint density at radius 2 is 1.93 bits per heavy atom. The Hall–Kier alpha value is -2.86. The first-order valence-corrected chi connectivity index (χ1v) is 10.3. The minimum atomic E-state index is -0.0647. The Kier molecular flexibility index (Phi) is 5.81. The van der Waals surface area contributed by atoms with Gasteiger partial charge in [0, 0.05) is 31.9 Å². The Labute approximate surface area is 171 Å². The molecule has 0 bridgehead atoms. The second kappa shape index (κ2) is 8.66. The number of nitrogens with zero attached hydrogens (tertiary/aromatic N) is 3. The number of carbonyl (C=O) groups excluding carboxylic acids is 1. The lowest BCUT2D eigenvalue weighted by molar-refractivity contribution is 0.0902. The molecule has 1 fully saturated rings. The number of piperidine rings is 1. The molecule has 0 radical (unpaired) electrons. The molecule has 4 rings (SSSR count). The van der Waals surface area contributed by atoms with Crippen LogP contribution in [0.1, 0.15) is 41.5 Å². The van der Waals surface area contributed by atoms with E-state index in [-0.39, 0.29) is 11.9 Å². The summed E-state index contributed by atoms with van der Waals surface area (Å²) in [6.45, 7) is 7.32. The van der Waals surface area contributed by atoms with Gasteiger partial charge in [0.1, 0.15) is 5.69 Å². The second-order valence-electron chi connectivity index (χ2n) is 7.55. The zero-order valence-corrected chi connectivity index (χ0v) is 17.1. The number of ether oxygens (including phenoxy) is 1. The van der Waals surface area contributed by atoms with E-state index in [1.54, 1.807) is 0 Å². The number of aromatic nitrogens is 2. The zero-order valence-electron chi connectivity index (χ0n) is 17.1. The molecular weight excluding hydrogens is 364 g/mol. The van der Waals surface area contributed by atoms with E-state index in [1.807, 2.05) is 42.6 Å². The van der Waals surface area contributed by atoms with Crippen LogP contribution in [0.4, 0.5) is 0 Å². The fraction of sp³-hybridized carbons (Fsp3) is 0.391. The monoisotopic (exact) mass is 392 g/mol. The van der Waals surface area contributed by atoms with Gasteiger partial charge in [-0.25, -0.2) is 4.98 Å². The molecule has 0 aliphatic carbocycles. The number of carbonyl (C=O) groups is 1. The van der Waals surface area contributed by atoms with Gasteiger partial charge in [-0.3, -0.25) is 14.1 Å². The Morgan fingerprint density at radius 3 is 2.66 bits per heavy atom. The molecule has 6 nitrogen and oxygen atoms in total. The van der Waals surface area contributed by atoms with Crippen molar-refractivity contribution in [1.82, 2.24) is 19.6 Å². The highest BCUT2D eigenvalue weighted by molar-refractivity contribution is 5.95. The van der Waals surface area contributed by atoms with Crippen molar-refractivity contribution in [2.45, 2.75) is 39.3 Å². The van der Waals surface area contributed by atoms with Gasteiger partial charge < -0.3 is 10.1 Å². The fourth-order valence-corrected chi connectivity index (χ4v) is 4.03. The number of hydrogen-bond acceptors (Lipinski definition) is 4. The number of amides is 1. The van der Waals surface area contributed by atoms with Gasteiger partial charge in [-0.05, 0) is 44.4 Å². The van der Waals surface area contributed by atoms with Crippen LogP contribution in [0.15, 0.2) is 48.7 Å². The predicted octanol–water partition coefficient (Wildman–Crippen LogP) is 3.44. The van der Waals surface area contributed by atoms with Crippen LogP contribution >= 0.6 is 0 Å². The summed E-state index contributed by atoms with van der Waals surface area (Å²) in [4.78, 5) is 20.0. The Morgan fingerprint density at radius 1 is 1.17 bits per heavy atom. The summed E-state index contributed by atoms with van der Waals surface area (Å²) in [7, 11) is 0. The van der Waals surface area contributed by atoms with Crippen molar-refractivity contribution >= 4 is 11.6 Å². The molecule has 1 N–H and O–H groups in total. The zero-order chi connectivity index (χ0) is 20.2. The van der Waals surface area contributed by atoms with Crippen LogP contribution in [-0.2, 0) is 6.54 Å². The Balaban J connectivity index is 1.40. The lowest BCUT2D eigenvalue weighted by Gasteiger charge is -2.32. The first kappa shape index (κ1) is 19.5. The third-order valence-electron chi connectivity index (χ3n) is 5.48. The normalized spacial score (nSPS) is 15.5. The molecular formula is C23H28N4O2. The van der Waals surface area contributed by atoms with E-state index in [9.17, 15) is 4.79 Å². The summed E-state index contributed by atoms with van der Waals surface area (Å²) in [5.41, 5.74) is 3.33. The number of likely N-dealkylation sites (tertiary alicyclic amines) is 1. The summed E-state index contributed by atoms with van der Waals surface area (Å²) >= 11 is 0. The number of pyridine rings is 1.